The van der Waals surface area contributed by atoms with Crippen LogP contribution in [0.15, 0.2) is 29.2 Å². The molecule has 0 aromatic heterocycles. The summed E-state index contributed by atoms with van der Waals surface area (Å²) in [5.41, 5.74) is -0.110. The van der Waals surface area contributed by atoms with Crippen LogP contribution in [0.1, 0.15) is 26.7 Å². The molecule has 0 saturated carbocycles. The Morgan fingerprint density at radius 2 is 2.00 bits per heavy atom. The molecule has 1 N–H and O–H groups in total. The number of nitrogens with one attached hydrogen (secondary N) is 1. The van der Waals surface area contributed by atoms with Crippen molar-refractivity contribution in [3.05, 3.63) is 34.4 Å². The molecule has 0 amide bonds. The van der Waals surface area contributed by atoms with Crippen molar-refractivity contribution in [1.82, 2.24) is 9.62 Å². The van der Waals surface area contributed by atoms with Crippen LogP contribution in [0.2, 0.25) is 0 Å². The Kier molecular flexibility index (Phi) is 5.72. The second-order valence-corrected chi connectivity index (χ2v) is 8.12. The van der Waals surface area contributed by atoms with Crippen LogP contribution in [0, 0.1) is 16.0 Å². The lowest BCUT2D eigenvalue weighted by atomic mass is 9.99. The standard InChI is InChI=1S/C15H23N3O4S/c1-12(2)16-10-13-4-3-9-17(11-13)23(21,22)15-7-5-14(6-8-15)18(19)20/h5-8,12-13,16H,3-4,9-11H2,1-2H3. The molecular formula is C15H23N3O4S. The summed E-state index contributed by atoms with van der Waals surface area (Å²) in [6.45, 7) is 5.91. The van der Waals surface area contributed by atoms with Gasteiger partial charge in [-0.15, -0.1) is 0 Å². The van der Waals surface area contributed by atoms with Crippen molar-refractivity contribution in [2.45, 2.75) is 37.6 Å². The fourth-order valence-electron chi connectivity index (χ4n) is 2.70. The van der Waals surface area contributed by atoms with Crippen molar-refractivity contribution in [2.24, 2.45) is 5.92 Å². The number of piperidine rings is 1. The maximum absolute atomic E-state index is 12.7. The van der Waals surface area contributed by atoms with E-state index in [4.69, 9.17) is 0 Å². The van der Waals surface area contributed by atoms with Crippen molar-refractivity contribution in [3.8, 4) is 0 Å². The summed E-state index contributed by atoms with van der Waals surface area (Å²) in [5, 5.41) is 14.0. The quantitative estimate of drug-likeness (QED) is 0.631. The normalized spacial score (nSPS) is 19.9. The van der Waals surface area contributed by atoms with Gasteiger partial charge in [-0.1, -0.05) is 13.8 Å². The molecule has 1 fully saturated rings. The number of sulfonamides is 1. The molecule has 1 aliphatic heterocycles. The van der Waals surface area contributed by atoms with Crippen LogP contribution in [0.4, 0.5) is 5.69 Å². The van der Waals surface area contributed by atoms with Gasteiger partial charge in [0, 0.05) is 31.3 Å². The molecule has 1 atom stereocenters. The fourth-order valence-corrected chi connectivity index (χ4v) is 4.26. The first kappa shape index (κ1) is 17.8. The minimum Gasteiger partial charge on any atom is -0.314 e. The van der Waals surface area contributed by atoms with Gasteiger partial charge in [0.05, 0.1) is 9.82 Å². The maximum Gasteiger partial charge on any atom is 0.269 e. The summed E-state index contributed by atoms with van der Waals surface area (Å²) in [4.78, 5) is 10.2. The van der Waals surface area contributed by atoms with Gasteiger partial charge in [-0.3, -0.25) is 10.1 Å². The molecular weight excluding hydrogens is 318 g/mol. The molecule has 1 aromatic carbocycles. The van der Waals surface area contributed by atoms with Crippen LogP contribution in [0.25, 0.3) is 0 Å². The van der Waals surface area contributed by atoms with Gasteiger partial charge in [0.15, 0.2) is 0 Å². The van der Waals surface area contributed by atoms with Crippen molar-refractivity contribution >= 4 is 15.7 Å². The lowest BCUT2D eigenvalue weighted by Crippen LogP contribution is -2.43. The van der Waals surface area contributed by atoms with Gasteiger partial charge in [0.1, 0.15) is 0 Å². The van der Waals surface area contributed by atoms with Crippen molar-refractivity contribution in [3.63, 3.8) is 0 Å². The summed E-state index contributed by atoms with van der Waals surface area (Å²) in [7, 11) is -3.59. The molecule has 2 rings (SSSR count). The van der Waals surface area contributed by atoms with E-state index in [-0.39, 0.29) is 10.6 Å². The first-order valence-corrected chi connectivity index (χ1v) is 9.22. The number of nitro groups is 1. The molecule has 1 saturated heterocycles. The predicted molar refractivity (Wildman–Crippen MR) is 87.7 cm³/mol. The largest absolute Gasteiger partial charge is 0.314 e. The van der Waals surface area contributed by atoms with E-state index in [9.17, 15) is 18.5 Å². The Bertz CT molecular complexity index is 643. The van der Waals surface area contributed by atoms with Gasteiger partial charge in [0.25, 0.3) is 5.69 Å². The molecule has 0 bridgehead atoms. The van der Waals surface area contributed by atoms with E-state index in [2.05, 4.69) is 19.2 Å². The van der Waals surface area contributed by atoms with E-state index >= 15 is 0 Å². The third-order valence-electron chi connectivity index (χ3n) is 3.98. The molecule has 1 aliphatic rings. The molecule has 8 heteroatoms. The lowest BCUT2D eigenvalue weighted by molar-refractivity contribution is -0.384. The monoisotopic (exact) mass is 341 g/mol. The number of nitro benzene ring substituents is 1. The number of non-ortho nitro benzene ring substituents is 1. The van der Waals surface area contributed by atoms with Crippen LogP contribution in [-0.4, -0.2) is 43.3 Å². The number of hydrogen-bond donors (Lipinski definition) is 1. The minimum atomic E-state index is -3.59. The summed E-state index contributed by atoms with van der Waals surface area (Å²) < 4.78 is 26.9. The van der Waals surface area contributed by atoms with E-state index in [1.165, 1.54) is 28.6 Å². The summed E-state index contributed by atoms with van der Waals surface area (Å²) in [5.74, 6) is 0.291. The Hall–Kier alpha value is -1.51. The van der Waals surface area contributed by atoms with Gasteiger partial charge >= 0.3 is 0 Å². The molecule has 23 heavy (non-hydrogen) atoms. The van der Waals surface area contributed by atoms with Gasteiger partial charge in [-0.2, -0.15) is 4.31 Å². The van der Waals surface area contributed by atoms with E-state index < -0.39 is 14.9 Å². The fraction of sp³-hybridized carbons (Fsp3) is 0.600. The van der Waals surface area contributed by atoms with Crippen LogP contribution in [-0.2, 0) is 10.0 Å². The number of benzene rings is 1. The zero-order valence-corrected chi connectivity index (χ0v) is 14.3. The molecule has 0 aliphatic carbocycles. The van der Waals surface area contributed by atoms with Gasteiger partial charge < -0.3 is 5.32 Å². The molecule has 1 aromatic rings. The zero-order chi connectivity index (χ0) is 17.0. The third kappa shape index (κ3) is 4.49. The molecule has 1 unspecified atom stereocenters. The number of rotatable bonds is 6. The maximum atomic E-state index is 12.7. The Morgan fingerprint density at radius 3 is 2.57 bits per heavy atom. The summed E-state index contributed by atoms with van der Waals surface area (Å²) in [6, 6.07) is 5.45. The predicted octanol–water partition coefficient (Wildman–Crippen LogP) is 1.99. The smallest absolute Gasteiger partial charge is 0.269 e. The highest BCUT2D eigenvalue weighted by Gasteiger charge is 2.30. The minimum absolute atomic E-state index is 0.110. The zero-order valence-electron chi connectivity index (χ0n) is 13.4. The second kappa shape index (κ2) is 7.37. The second-order valence-electron chi connectivity index (χ2n) is 6.19. The van der Waals surface area contributed by atoms with Gasteiger partial charge in [0.2, 0.25) is 10.0 Å². The van der Waals surface area contributed by atoms with Crippen LogP contribution >= 0.6 is 0 Å². The highest BCUT2D eigenvalue weighted by atomic mass is 32.2. The van der Waals surface area contributed by atoms with Crippen molar-refractivity contribution < 1.29 is 13.3 Å². The molecule has 0 spiro atoms. The molecule has 1 heterocycles. The number of nitrogens with zero attached hydrogens (tertiary/aromatic N) is 2. The first-order valence-electron chi connectivity index (χ1n) is 7.78. The van der Waals surface area contributed by atoms with Crippen molar-refractivity contribution in [2.75, 3.05) is 19.6 Å². The van der Waals surface area contributed by atoms with Crippen molar-refractivity contribution in [1.29, 1.82) is 0 Å². The van der Waals surface area contributed by atoms with Gasteiger partial charge in [-0.25, -0.2) is 8.42 Å². The third-order valence-corrected chi connectivity index (χ3v) is 5.86. The first-order chi connectivity index (χ1) is 10.8. The van der Waals surface area contributed by atoms with Gasteiger partial charge in [-0.05, 0) is 37.4 Å². The Morgan fingerprint density at radius 1 is 1.35 bits per heavy atom. The summed E-state index contributed by atoms with van der Waals surface area (Å²) in [6.07, 6.45) is 1.84. The van der Waals surface area contributed by atoms with Crippen LogP contribution < -0.4 is 5.32 Å². The molecule has 0 radical (unpaired) electrons. The van der Waals surface area contributed by atoms with E-state index in [0.717, 1.165) is 19.4 Å². The average Bonchev–Trinajstić information content (AvgIpc) is 2.53. The highest BCUT2D eigenvalue weighted by molar-refractivity contribution is 7.89. The van der Waals surface area contributed by atoms with E-state index in [1.807, 2.05) is 0 Å². The Labute approximate surface area is 136 Å². The van der Waals surface area contributed by atoms with Crippen LogP contribution in [0.3, 0.4) is 0 Å². The SMILES string of the molecule is CC(C)NCC1CCCN(S(=O)(=O)c2ccc([N+](=O)[O-])cc2)C1. The van der Waals surface area contributed by atoms with E-state index in [1.54, 1.807) is 0 Å². The average molecular weight is 341 g/mol. The molecule has 128 valence electrons. The number of hydrogen-bond acceptors (Lipinski definition) is 5. The molecule has 7 nitrogen and oxygen atoms in total. The Balaban J connectivity index is 2.10. The summed E-state index contributed by atoms with van der Waals surface area (Å²) >= 11 is 0. The topological polar surface area (TPSA) is 92.6 Å². The highest BCUT2D eigenvalue weighted by Crippen LogP contribution is 2.24. The lowest BCUT2D eigenvalue weighted by Gasteiger charge is -2.32. The van der Waals surface area contributed by atoms with Crippen LogP contribution in [0.5, 0.6) is 0 Å². The van der Waals surface area contributed by atoms with E-state index in [0.29, 0.717) is 25.0 Å².